The number of fused-ring (bicyclic) bond motifs is 3. The van der Waals surface area contributed by atoms with E-state index in [9.17, 15) is 9.18 Å². The number of ether oxygens (including phenoxy) is 1. The summed E-state index contributed by atoms with van der Waals surface area (Å²) in [5.74, 6) is 0.0803. The van der Waals surface area contributed by atoms with Crippen molar-refractivity contribution in [2.24, 2.45) is 0 Å². The molecule has 0 bridgehead atoms. The van der Waals surface area contributed by atoms with E-state index in [1.807, 2.05) is 4.90 Å². The zero-order valence-electron chi connectivity index (χ0n) is 23.1. The number of hydrogen-bond acceptors (Lipinski definition) is 6. The average molecular weight is 567 g/mol. The lowest BCUT2D eigenvalue weighted by Gasteiger charge is -2.24. The molecule has 0 spiro atoms. The molecule has 208 valence electrons. The van der Waals surface area contributed by atoms with Crippen molar-refractivity contribution in [2.75, 3.05) is 20.2 Å². The third kappa shape index (κ3) is 4.55. The topological polar surface area (TPSA) is 67.4 Å². The SMILES string of the molecule is C=CC(=O)N1CCc2nc(-c3nc(-c4ccc5c(c4)CCNC5)c4c(c3-c3ccc(F)cc3OC)CCC4)sc2C1. The molecule has 4 heterocycles. The Morgan fingerprint density at radius 3 is 2.80 bits per heavy atom. The Kier molecular flexibility index (Phi) is 6.67. The van der Waals surface area contributed by atoms with E-state index in [4.69, 9.17) is 14.7 Å². The van der Waals surface area contributed by atoms with Crippen molar-refractivity contribution in [3.63, 3.8) is 0 Å². The molecule has 0 radical (unpaired) electrons. The zero-order chi connectivity index (χ0) is 28.1. The molecule has 8 heteroatoms. The standard InChI is InChI=1S/C33H31FN4O2S/c1-3-29(39)38-14-12-26-28(18-38)41-33(36-26)32-30(25-10-9-22(34)16-27(25)40-2)23-5-4-6-24(23)31(37-32)20-7-8-21-17-35-13-11-19(21)15-20/h3,7-10,15-16,35H,1,4-6,11-14,17-18H2,2H3. The normalized spacial score (nSPS) is 15.7. The molecule has 0 unspecified atom stereocenters. The summed E-state index contributed by atoms with van der Waals surface area (Å²) in [4.78, 5) is 25.7. The van der Waals surface area contributed by atoms with Gasteiger partial charge in [-0.3, -0.25) is 4.79 Å². The van der Waals surface area contributed by atoms with Gasteiger partial charge >= 0.3 is 0 Å². The molecule has 1 amide bonds. The zero-order valence-corrected chi connectivity index (χ0v) is 23.9. The average Bonchev–Trinajstić information content (AvgIpc) is 3.67. The highest BCUT2D eigenvalue weighted by molar-refractivity contribution is 7.15. The van der Waals surface area contributed by atoms with E-state index in [2.05, 4.69) is 30.1 Å². The van der Waals surface area contributed by atoms with Gasteiger partial charge < -0.3 is 15.0 Å². The van der Waals surface area contributed by atoms with E-state index in [0.717, 1.165) is 82.4 Å². The molecule has 7 rings (SSSR count). The number of benzene rings is 2. The van der Waals surface area contributed by atoms with Gasteiger partial charge in [0.1, 0.15) is 22.3 Å². The number of pyridine rings is 1. The molecule has 0 fully saturated rings. The van der Waals surface area contributed by atoms with Gasteiger partial charge in [0, 0.05) is 47.1 Å². The highest BCUT2D eigenvalue weighted by Gasteiger charge is 2.30. The van der Waals surface area contributed by atoms with Gasteiger partial charge in [0.25, 0.3) is 0 Å². The summed E-state index contributed by atoms with van der Waals surface area (Å²) in [6.07, 6.45) is 5.95. The smallest absolute Gasteiger partial charge is 0.246 e. The third-order valence-electron chi connectivity index (χ3n) is 8.49. The Morgan fingerprint density at radius 2 is 1.95 bits per heavy atom. The Bertz CT molecular complexity index is 1710. The van der Waals surface area contributed by atoms with Crippen LogP contribution >= 0.6 is 11.3 Å². The lowest BCUT2D eigenvalue weighted by Crippen LogP contribution is -2.34. The summed E-state index contributed by atoms with van der Waals surface area (Å²) in [6, 6.07) is 11.5. The van der Waals surface area contributed by atoms with Crippen LogP contribution in [0.25, 0.3) is 33.1 Å². The molecule has 2 aromatic carbocycles. The first-order valence-corrected chi connectivity index (χ1v) is 15.0. The van der Waals surface area contributed by atoms with Crippen LogP contribution in [-0.2, 0) is 43.6 Å². The van der Waals surface area contributed by atoms with Crippen molar-refractivity contribution in [3.05, 3.63) is 87.7 Å². The molecular weight excluding hydrogens is 535 g/mol. The number of hydrogen-bond donors (Lipinski definition) is 1. The maximum Gasteiger partial charge on any atom is 0.246 e. The van der Waals surface area contributed by atoms with Gasteiger partial charge in [-0.25, -0.2) is 14.4 Å². The Hall–Kier alpha value is -3.88. The van der Waals surface area contributed by atoms with Crippen molar-refractivity contribution in [2.45, 2.75) is 45.2 Å². The van der Waals surface area contributed by atoms with Crippen LogP contribution < -0.4 is 10.1 Å². The van der Waals surface area contributed by atoms with Gasteiger partial charge in [-0.1, -0.05) is 18.7 Å². The molecule has 2 aliphatic heterocycles. The summed E-state index contributed by atoms with van der Waals surface area (Å²) < 4.78 is 20.0. The molecule has 0 atom stereocenters. The Labute approximate surface area is 242 Å². The number of carbonyl (C=O) groups excluding carboxylic acids is 1. The molecule has 1 N–H and O–H groups in total. The van der Waals surface area contributed by atoms with E-state index in [1.54, 1.807) is 24.5 Å². The molecule has 3 aliphatic rings. The first-order valence-electron chi connectivity index (χ1n) is 14.2. The lowest BCUT2D eigenvalue weighted by molar-refractivity contribution is -0.126. The van der Waals surface area contributed by atoms with Crippen molar-refractivity contribution in [1.82, 2.24) is 20.2 Å². The van der Waals surface area contributed by atoms with Crippen LogP contribution in [0.2, 0.25) is 0 Å². The van der Waals surface area contributed by atoms with Crippen LogP contribution in [0.4, 0.5) is 4.39 Å². The fourth-order valence-electron chi connectivity index (χ4n) is 6.45. The maximum atomic E-state index is 14.3. The van der Waals surface area contributed by atoms with Crippen LogP contribution in [0.3, 0.4) is 0 Å². The molecule has 1 aliphatic carbocycles. The summed E-state index contributed by atoms with van der Waals surface area (Å²) in [5.41, 5.74) is 11.0. The molecule has 0 saturated carbocycles. The van der Waals surface area contributed by atoms with Gasteiger partial charge in [-0.15, -0.1) is 11.3 Å². The number of rotatable bonds is 5. The second-order valence-corrected chi connectivity index (χ2v) is 11.9. The second-order valence-electron chi connectivity index (χ2n) is 10.9. The lowest BCUT2D eigenvalue weighted by atomic mass is 9.90. The monoisotopic (exact) mass is 566 g/mol. The predicted octanol–water partition coefficient (Wildman–Crippen LogP) is 5.89. The summed E-state index contributed by atoms with van der Waals surface area (Å²) >= 11 is 1.59. The second kappa shape index (κ2) is 10.5. The van der Waals surface area contributed by atoms with E-state index >= 15 is 0 Å². The Morgan fingerprint density at radius 1 is 1.07 bits per heavy atom. The van der Waals surface area contributed by atoms with E-state index in [0.29, 0.717) is 25.3 Å². The fraction of sp³-hybridized carbons (Fsp3) is 0.303. The van der Waals surface area contributed by atoms with Crippen LogP contribution in [0.5, 0.6) is 5.75 Å². The molecule has 0 saturated heterocycles. The molecule has 2 aromatic heterocycles. The number of amides is 1. The highest BCUT2D eigenvalue weighted by atomic mass is 32.1. The molecule has 41 heavy (non-hydrogen) atoms. The van der Waals surface area contributed by atoms with Gasteiger partial charge in [-0.2, -0.15) is 0 Å². The Balaban J connectivity index is 1.45. The van der Waals surface area contributed by atoms with Crippen molar-refractivity contribution >= 4 is 17.2 Å². The van der Waals surface area contributed by atoms with Gasteiger partial charge in [0.15, 0.2) is 0 Å². The summed E-state index contributed by atoms with van der Waals surface area (Å²) in [6.45, 7) is 6.66. The fourth-order valence-corrected chi connectivity index (χ4v) is 7.57. The van der Waals surface area contributed by atoms with Crippen LogP contribution in [0, 0.1) is 5.82 Å². The number of halogens is 1. The predicted molar refractivity (Wildman–Crippen MR) is 159 cm³/mol. The van der Waals surface area contributed by atoms with Gasteiger partial charge in [0.2, 0.25) is 5.91 Å². The molecular formula is C33H31FN4O2S. The third-order valence-corrected chi connectivity index (χ3v) is 9.57. The maximum absolute atomic E-state index is 14.3. The van der Waals surface area contributed by atoms with Gasteiger partial charge in [-0.05, 0) is 78.8 Å². The number of carbonyl (C=O) groups is 1. The largest absolute Gasteiger partial charge is 0.496 e. The minimum absolute atomic E-state index is 0.0668. The van der Waals surface area contributed by atoms with Crippen molar-refractivity contribution in [3.8, 4) is 38.8 Å². The van der Waals surface area contributed by atoms with E-state index < -0.39 is 0 Å². The summed E-state index contributed by atoms with van der Waals surface area (Å²) in [7, 11) is 1.58. The van der Waals surface area contributed by atoms with Crippen molar-refractivity contribution < 1.29 is 13.9 Å². The quantitative estimate of drug-likeness (QED) is 0.305. The number of aromatic nitrogens is 2. The first-order chi connectivity index (χ1) is 20.0. The van der Waals surface area contributed by atoms with E-state index in [1.165, 1.54) is 40.5 Å². The number of thiazole rings is 1. The van der Waals surface area contributed by atoms with Gasteiger partial charge in [0.05, 0.1) is 25.0 Å². The summed E-state index contributed by atoms with van der Waals surface area (Å²) in [5, 5.41) is 4.28. The van der Waals surface area contributed by atoms with Crippen LogP contribution in [0.15, 0.2) is 49.1 Å². The van der Waals surface area contributed by atoms with Crippen LogP contribution in [-0.4, -0.2) is 41.0 Å². The molecule has 4 aromatic rings. The number of nitrogens with one attached hydrogen (secondary N) is 1. The number of methoxy groups -OCH3 is 1. The highest BCUT2D eigenvalue weighted by Crippen LogP contribution is 2.47. The molecule has 6 nitrogen and oxygen atoms in total. The van der Waals surface area contributed by atoms with E-state index in [-0.39, 0.29) is 11.7 Å². The minimum Gasteiger partial charge on any atom is -0.496 e. The van der Waals surface area contributed by atoms with Crippen LogP contribution in [0.1, 0.15) is 39.2 Å². The number of nitrogens with zero attached hydrogens (tertiary/aromatic N) is 3. The minimum atomic E-state index is -0.339. The van der Waals surface area contributed by atoms with Crippen molar-refractivity contribution in [1.29, 1.82) is 0 Å². The first kappa shape index (κ1) is 26.0.